The number of carboxylic acid groups (broad SMARTS) is 1. The number of amides is 1. The molecule has 0 saturated heterocycles. The van der Waals surface area contributed by atoms with Crippen LogP contribution in [-0.2, 0) is 6.18 Å². The molecule has 156 valence electrons. The number of aromatic nitrogens is 2. The minimum absolute atomic E-state index is 0.0128. The van der Waals surface area contributed by atoms with Crippen LogP contribution in [0.1, 0.15) is 53.7 Å². The number of carboxylic acids is 1. The molecule has 1 aromatic carbocycles. The Morgan fingerprint density at radius 2 is 1.79 bits per heavy atom. The van der Waals surface area contributed by atoms with Crippen LogP contribution < -0.4 is 10.2 Å². The van der Waals surface area contributed by atoms with Crippen molar-refractivity contribution in [2.24, 2.45) is 0 Å². The average Bonchev–Trinajstić information content (AvgIpc) is 2.65. The summed E-state index contributed by atoms with van der Waals surface area (Å²) in [5.41, 5.74) is -1.41. The molecular weight excluding hydrogens is 389 g/mol. The molecule has 29 heavy (non-hydrogen) atoms. The van der Waals surface area contributed by atoms with Gasteiger partial charge in [-0.05, 0) is 44.5 Å². The van der Waals surface area contributed by atoms with E-state index in [9.17, 15) is 22.8 Å². The second kappa shape index (κ2) is 8.89. The Bertz CT molecular complexity index is 883. The Kier molecular flexibility index (Phi) is 6.78. The summed E-state index contributed by atoms with van der Waals surface area (Å²) in [5.74, 6) is -2.17. The quantitative estimate of drug-likeness (QED) is 0.715. The highest BCUT2D eigenvalue weighted by Crippen LogP contribution is 2.30. The Hall–Kier alpha value is -3.17. The van der Waals surface area contributed by atoms with Crippen molar-refractivity contribution < 1.29 is 27.9 Å². The van der Waals surface area contributed by atoms with Crippen molar-refractivity contribution in [3.05, 3.63) is 47.3 Å². The molecule has 2 N–H and O–H groups in total. The van der Waals surface area contributed by atoms with Crippen LogP contribution in [0.15, 0.2) is 30.3 Å². The normalized spacial score (nSPS) is 11.4. The highest BCUT2D eigenvalue weighted by molar-refractivity contribution is 6.03. The number of anilines is 2. The topological polar surface area (TPSA) is 95.4 Å². The first kappa shape index (κ1) is 22.1. The zero-order valence-electron chi connectivity index (χ0n) is 16.1. The Balaban J connectivity index is 2.40. The lowest BCUT2D eigenvalue weighted by Gasteiger charge is -2.27. The molecule has 7 nitrogen and oxygen atoms in total. The van der Waals surface area contributed by atoms with Crippen LogP contribution in [0.4, 0.5) is 24.8 Å². The predicted octanol–water partition coefficient (Wildman–Crippen LogP) is 4.07. The van der Waals surface area contributed by atoms with E-state index in [4.69, 9.17) is 5.11 Å². The van der Waals surface area contributed by atoms with Crippen molar-refractivity contribution in [3.63, 3.8) is 0 Å². The maximum atomic E-state index is 13.3. The molecule has 0 radical (unpaired) electrons. The van der Waals surface area contributed by atoms with Gasteiger partial charge in [0, 0.05) is 24.3 Å². The Labute approximate surface area is 165 Å². The molecule has 0 aliphatic carbocycles. The molecule has 10 heteroatoms. The van der Waals surface area contributed by atoms with Crippen molar-refractivity contribution in [2.75, 3.05) is 16.8 Å². The van der Waals surface area contributed by atoms with Gasteiger partial charge in [0.1, 0.15) is 5.69 Å². The molecule has 0 unspecified atom stereocenters. The summed E-state index contributed by atoms with van der Waals surface area (Å²) in [6, 6.07) is 5.64. The van der Waals surface area contributed by atoms with E-state index in [1.54, 1.807) is 18.7 Å². The van der Waals surface area contributed by atoms with Gasteiger partial charge in [-0.25, -0.2) is 14.8 Å². The van der Waals surface area contributed by atoms with E-state index in [0.717, 1.165) is 0 Å². The van der Waals surface area contributed by atoms with Gasteiger partial charge >= 0.3 is 12.1 Å². The minimum Gasteiger partial charge on any atom is -0.478 e. The lowest BCUT2D eigenvalue weighted by Crippen LogP contribution is -2.34. The fourth-order valence-corrected chi connectivity index (χ4v) is 2.55. The number of halogens is 3. The van der Waals surface area contributed by atoms with E-state index in [1.165, 1.54) is 24.3 Å². The van der Waals surface area contributed by atoms with E-state index < -0.39 is 29.4 Å². The molecule has 1 aromatic heterocycles. The fourth-order valence-electron chi connectivity index (χ4n) is 2.55. The zero-order valence-corrected chi connectivity index (χ0v) is 16.1. The van der Waals surface area contributed by atoms with Crippen molar-refractivity contribution in [3.8, 4) is 0 Å². The largest absolute Gasteiger partial charge is 0.478 e. The molecule has 0 aliphatic rings. The van der Waals surface area contributed by atoms with Crippen molar-refractivity contribution in [2.45, 2.75) is 39.4 Å². The number of carbonyl (C=O) groups is 2. The third kappa shape index (κ3) is 5.66. The third-order valence-electron chi connectivity index (χ3n) is 3.97. The van der Waals surface area contributed by atoms with Gasteiger partial charge in [-0.1, -0.05) is 6.92 Å². The first-order valence-corrected chi connectivity index (χ1v) is 8.90. The van der Waals surface area contributed by atoms with E-state index in [1.807, 2.05) is 6.92 Å². The number of benzene rings is 1. The zero-order chi connectivity index (χ0) is 21.8. The average molecular weight is 410 g/mol. The smallest absolute Gasteiger partial charge is 0.433 e. The Morgan fingerprint density at radius 1 is 1.17 bits per heavy atom. The number of hydrogen-bond donors (Lipinski definition) is 2. The molecule has 1 heterocycles. The van der Waals surface area contributed by atoms with E-state index in [-0.39, 0.29) is 23.2 Å². The number of aromatic carboxylic acids is 1. The lowest BCUT2D eigenvalue weighted by molar-refractivity contribution is -0.141. The van der Waals surface area contributed by atoms with Gasteiger partial charge in [-0.2, -0.15) is 13.2 Å². The number of nitrogens with zero attached hydrogens (tertiary/aromatic N) is 3. The lowest BCUT2D eigenvalue weighted by atomic mass is 10.2. The molecule has 2 aromatic rings. The second-order valence-electron chi connectivity index (χ2n) is 6.56. The SMILES string of the molecule is CCCN(c1nc(C(=O)Nc2ccc(C(=O)O)cc2)cc(C(F)(F)F)n1)C(C)C. The monoisotopic (exact) mass is 410 g/mol. The van der Waals surface area contributed by atoms with E-state index in [0.29, 0.717) is 19.0 Å². The van der Waals surface area contributed by atoms with Gasteiger partial charge in [0.15, 0.2) is 5.69 Å². The van der Waals surface area contributed by atoms with Crippen molar-refractivity contribution >= 4 is 23.5 Å². The molecule has 0 aliphatic heterocycles. The van der Waals surface area contributed by atoms with Gasteiger partial charge in [0.2, 0.25) is 5.95 Å². The van der Waals surface area contributed by atoms with Gasteiger partial charge in [0.25, 0.3) is 5.91 Å². The van der Waals surface area contributed by atoms with Crippen molar-refractivity contribution in [1.82, 2.24) is 9.97 Å². The first-order chi connectivity index (χ1) is 13.5. The van der Waals surface area contributed by atoms with Crippen LogP contribution in [0, 0.1) is 0 Å². The molecular formula is C19H21F3N4O3. The maximum absolute atomic E-state index is 13.3. The summed E-state index contributed by atoms with van der Waals surface area (Å²) in [4.78, 5) is 32.6. The fraction of sp³-hybridized carbons (Fsp3) is 0.368. The van der Waals surface area contributed by atoms with Crippen LogP contribution in [0.25, 0.3) is 0 Å². The van der Waals surface area contributed by atoms with Crippen molar-refractivity contribution in [1.29, 1.82) is 0 Å². The van der Waals surface area contributed by atoms with Gasteiger partial charge in [-0.3, -0.25) is 4.79 Å². The molecule has 0 saturated carbocycles. The molecule has 0 fully saturated rings. The van der Waals surface area contributed by atoms with Crippen LogP contribution in [0.3, 0.4) is 0 Å². The summed E-state index contributed by atoms with van der Waals surface area (Å²) < 4.78 is 39.9. The molecule has 2 rings (SSSR count). The van der Waals surface area contributed by atoms with Gasteiger partial charge in [-0.15, -0.1) is 0 Å². The number of alkyl halides is 3. The van der Waals surface area contributed by atoms with Gasteiger partial charge in [0.05, 0.1) is 5.56 Å². The second-order valence-corrected chi connectivity index (χ2v) is 6.56. The Morgan fingerprint density at radius 3 is 2.28 bits per heavy atom. The summed E-state index contributed by atoms with van der Waals surface area (Å²) >= 11 is 0. The number of nitrogens with one attached hydrogen (secondary N) is 1. The molecule has 0 atom stereocenters. The molecule has 1 amide bonds. The summed E-state index contributed by atoms with van der Waals surface area (Å²) in [7, 11) is 0. The predicted molar refractivity (Wildman–Crippen MR) is 101 cm³/mol. The molecule has 0 spiro atoms. The number of rotatable bonds is 7. The highest BCUT2D eigenvalue weighted by atomic mass is 19.4. The highest BCUT2D eigenvalue weighted by Gasteiger charge is 2.35. The summed E-state index contributed by atoms with van der Waals surface area (Å²) in [6.45, 7) is 5.89. The van der Waals surface area contributed by atoms with Crippen LogP contribution in [0.5, 0.6) is 0 Å². The third-order valence-corrected chi connectivity index (χ3v) is 3.97. The number of hydrogen-bond acceptors (Lipinski definition) is 5. The van der Waals surface area contributed by atoms with Gasteiger partial charge < -0.3 is 15.3 Å². The van der Waals surface area contributed by atoms with Crippen LogP contribution in [-0.4, -0.2) is 39.5 Å². The first-order valence-electron chi connectivity index (χ1n) is 8.90. The standard InChI is InChI=1S/C19H21F3N4O3/c1-4-9-26(11(2)3)18-24-14(10-15(25-18)19(20,21)22)16(27)23-13-7-5-12(6-8-13)17(28)29/h5-8,10-11H,4,9H2,1-3H3,(H,23,27)(H,28,29). The van der Waals surface area contributed by atoms with Crippen LogP contribution >= 0.6 is 0 Å². The summed E-state index contributed by atoms with van der Waals surface area (Å²) in [5, 5.41) is 11.3. The maximum Gasteiger partial charge on any atom is 0.433 e. The van der Waals surface area contributed by atoms with Crippen LogP contribution in [0.2, 0.25) is 0 Å². The van der Waals surface area contributed by atoms with E-state index >= 15 is 0 Å². The summed E-state index contributed by atoms with van der Waals surface area (Å²) in [6.07, 6.45) is -4.08. The minimum atomic E-state index is -4.75. The number of carbonyl (C=O) groups excluding carboxylic acids is 1. The van der Waals surface area contributed by atoms with E-state index in [2.05, 4.69) is 15.3 Å². The molecule has 0 bridgehead atoms.